The summed E-state index contributed by atoms with van der Waals surface area (Å²) in [6.45, 7) is 10.1. The first kappa shape index (κ1) is 17.3. The van der Waals surface area contributed by atoms with E-state index in [1.54, 1.807) is 36.0 Å². The van der Waals surface area contributed by atoms with Crippen molar-refractivity contribution in [2.24, 2.45) is 0 Å². The number of benzene rings is 2. The van der Waals surface area contributed by atoms with Crippen LogP contribution in [-0.4, -0.2) is 15.0 Å². The van der Waals surface area contributed by atoms with Gasteiger partial charge < -0.3 is 4.90 Å². The molecule has 2 aromatic carbocycles. The van der Waals surface area contributed by atoms with Gasteiger partial charge in [0.1, 0.15) is 0 Å². The number of fused-ring (bicyclic) bond motifs is 1. The predicted molar refractivity (Wildman–Crippen MR) is 102 cm³/mol. The van der Waals surface area contributed by atoms with Crippen LogP contribution in [0.5, 0.6) is 0 Å². The summed E-state index contributed by atoms with van der Waals surface area (Å²) in [5.41, 5.74) is 1.10. The van der Waals surface area contributed by atoms with Crippen molar-refractivity contribution in [1.82, 2.24) is 0 Å². The van der Waals surface area contributed by atoms with Crippen LogP contribution in [-0.2, 0) is 9.84 Å². The first-order valence-corrected chi connectivity index (χ1v) is 10.0. The van der Waals surface area contributed by atoms with Crippen LogP contribution in [0.2, 0.25) is 0 Å². The fraction of sp³-hybridized carbons (Fsp3) is 0.105. The van der Waals surface area contributed by atoms with Gasteiger partial charge in [-0.05, 0) is 43.3 Å². The van der Waals surface area contributed by atoms with Crippen LogP contribution in [0.15, 0.2) is 86.6 Å². The summed E-state index contributed by atoms with van der Waals surface area (Å²) in [6.07, 6.45) is 3.11. The molecule has 0 saturated heterocycles. The van der Waals surface area contributed by atoms with Crippen LogP contribution in [0.1, 0.15) is 6.92 Å². The molecule has 2 aromatic rings. The SMILES string of the molecule is [C-]#[N+]/C(=C/C=C1/Sc2ccccc2N1CC)S(=O)(=O)c1ccccc1. The van der Waals surface area contributed by atoms with E-state index in [1.807, 2.05) is 31.2 Å². The maximum absolute atomic E-state index is 12.6. The Morgan fingerprint density at radius 2 is 1.84 bits per heavy atom. The largest absolute Gasteiger partial charge is 0.335 e. The molecule has 4 nitrogen and oxygen atoms in total. The molecule has 1 aliphatic heterocycles. The first-order chi connectivity index (χ1) is 12.1. The summed E-state index contributed by atoms with van der Waals surface area (Å²) in [4.78, 5) is 6.61. The van der Waals surface area contributed by atoms with E-state index in [1.165, 1.54) is 18.2 Å². The molecule has 3 rings (SSSR count). The fourth-order valence-corrected chi connectivity index (χ4v) is 4.81. The molecule has 0 atom stereocenters. The van der Waals surface area contributed by atoms with E-state index in [4.69, 9.17) is 6.57 Å². The number of hydrogen-bond donors (Lipinski definition) is 0. The van der Waals surface area contributed by atoms with Gasteiger partial charge in [0, 0.05) is 11.4 Å². The van der Waals surface area contributed by atoms with Gasteiger partial charge >= 0.3 is 0 Å². The standard InChI is InChI=1S/C19H16N2O2S2/c1-3-21-16-11-7-8-12-17(16)24-19(21)14-13-18(20-2)25(22,23)15-9-5-4-6-10-15/h4-14H,3H2,1H3/b18-13-,19-14+. The smallest absolute Gasteiger partial charge is 0.283 e. The molecule has 0 unspecified atom stereocenters. The van der Waals surface area contributed by atoms with E-state index < -0.39 is 9.84 Å². The van der Waals surface area contributed by atoms with Crippen LogP contribution in [0.3, 0.4) is 0 Å². The van der Waals surface area contributed by atoms with Gasteiger partial charge in [0.25, 0.3) is 5.03 Å². The lowest BCUT2D eigenvalue weighted by molar-refractivity contribution is 0.603. The Balaban J connectivity index is 1.97. The zero-order valence-corrected chi connectivity index (χ0v) is 15.2. The number of sulfone groups is 1. The highest BCUT2D eigenvalue weighted by Gasteiger charge is 2.24. The summed E-state index contributed by atoms with van der Waals surface area (Å²) in [5, 5.41) is 0.631. The Kier molecular flexibility index (Phi) is 4.98. The minimum Gasteiger partial charge on any atom is -0.335 e. The molecule has 6 heteroatoms. The Labute approximate surface area is 152 Å². The molecule has 126 valence electrons. The highest BCUT2D eigenvalue weighted by atomic mass is 32.2. The lowest BCUT2D eigenvalue weighted by Crippen LogP contribution is -2.16. The van der Waals surface area contributed by atoms with Gasteiger partial charge in [0.2, 0.25) is 9.84 Å². The molecule has 0 bridgehead atoms. The van der Waals surface area contributed by atoms with E-state index >= 15 is 0 Å². The van der Waals surface area contributed by atoms with Crippen molar-refractivity contribution >= 4 is 27.3 Å². The fourth-order valence-electron chi connectivity index (χ4n) is 2.55. The molecule has 0 N–H and O–H groups in total. The molecule has 0 amide bonds. The summed E-state index contributed by atoms with van der Waals surface area (Å²) >= 11 is 1.57. The molecule has 0 spiro atoms. The third-order valence-corrected chi connectivity index (χ3v) is 6.56. The topological polar surface area (TPSA) is 41.7 Å². The number of allylic oxidation sites excluding steroid dienone is 2. The molecule has 0 radical (unpaired) electrons. The first-order valence-electron chi connectivity index (χ1n) is 7.72. The summed E-state index contributed by atoms with van der Waals surface area (Å²) in [6, 6.07) is 16.1. The van der Waals surface area contributed by atoms with Crippen LogP contribution < -0.4 is 4.90 Å². The molecule has 0 fully saturated rings. The van der Waals surface area contributed by atoms with Crippen molar-refractivity contribution < 1.29 is 8.42 Å². The molecule has 1 heterocycles. The molecule has 25 heavy (non-hydrogen) atoms. The Morgan fingerprint density at radius 3 is 2.52 bits per heavy atom. The Morgan fingerprint density at radius 1 is 1.16 bits per heavy atom. The quantitative estimate of drug-likeness (QED) is 0.734. The lowest BCUT2D eigenvalue weighted by atomic mass is 10.3. The van der Waals surface area contributed by atoms with E-state index in [0.717, 1.165) is 22.2 Å². The summed E-state index contributed by atoms with van der Waals surface area (Å²) in [7, 11) is -3.80. The van der Waals surface area contributed by atoms with E-state index in [9.17, 15) is 8.42 Å². The minimum absolute atomic E-state index is 0.130. The maximum Gasteiger partial charge on any atom is 0.283 e. The summed E-state index contributed by atoms with van der Waals surface area (Å²) < 4.78 is 25.2. The maximum atomic E-state index is 12.6. The van der Waals surface area contributed by atoms with Gasteiger partial charge in [-0.3, -0.25) is 0 Å². The number of hydrogen-bond acceptors (Lipinski definition) is 4. The summed E-state index contributed by atoms with van der Waals surface area (Å²) in [5.74, 6) is 0. The molecular weight excluding hydrogens is 352 g/mol. The van der Waals surface area contributed by atoms with Gasteiger partial charge in [-0.25, -0.2) is 13.3 Å². The second-order valence-electron chi connectivity index (χ2n) is 5.25. The van der Waals surface area contributed by atoms with E-state index in [-0.39, 0.29) is 9.92 Å². The lowest BCUT2D eigenvalue weighted by Gasteiger charge is -2.17. The molecule has 1 aliphatic rings. The van der Waals surface area contributed by atoms with Crippen LogP contribution in [0.25, 0.3) is 4.85 Å². The van der Waals surface area contributed by atoms with Gasteiger partial charge in [0.05, 0.1) is 22.2 Å². The van der Waals surface area contributed by atoms with Crippen LogP contribution in [0, 0.1) is 6.57 Å². The Bertz CT molecular complexity index is 988. The third-order valence-electron chi connectivity index (χ3n) is 3.76. The monoisotopic (exact) mass is 368 g/mol. The number of anilines is 1. The normalized spacial score (nSPS) is 15.9. The van der Waals surface area contributed by atoms with Gasteiger partial charge in [-0.2, -0.15) is 0 Å². The zero-order chi connectivity index (χ0) is 17.9. The van der Waals surface area contributed by atoms with E-state index in [0.29, 0.717) is 0 Å². The van der Waals surface area contributed by atoms with Crippen molar-refractivity contribution in [2.75, 3.05) is 11.4 Å². The van der Waals surface area contributed by atoms with Crippen molar-refractivity contribution in [3.8, 4) is 0 Å². The van der Waals surface area contributed by atoms with E-state index in [2.05, 4.69) is 9.74 Å². The zero-order valence-electron chi connectivity index (χ0n) is 13.6. The van der Waals surface area contributed by atoms with Crippen molar-refractivity contribution in [1.29, 1.82) is 0 Å². The molecule has 0 aliphatic carbocycles. The molecule has 0 aromatic heterocycles. The molecular formula is C19H16N2O2S2. The second kappa shape index (κ2) is 7.18. The third kappa shape index (κ3) is 3.34. The highest BCUT2D eigenvalue weighted by Crippen LogP contribution is 2.45. The predicted octanol–water partition coefficient (Wildman–Crippen LogP) is 4.69. The number of para-hydroxylation sites is 1. The highest BCUT2D eigenvalue weighted by molar-refractivity contribution is 8.03. The number of rotatable bonds is 4. The molecule has 0 saturated carbocycles. The van der Waals surface area contributed by atoms with Crippen molar-refractivity contribution in [3.05, 3.63) is 88.2 Å². The van der Waals surface area contributed by atoms with Gasteiger partial charge in [-0.1, -0.05) is 42.1 Å². The van der Waals surface area contributed by atoms with Gasteiger partial charge in [-0.15, -0.1) is 0 Å². The van der Waals surface area contributed by atoms with Crippen LogP contribution in [0.4, 0.5) is 5.69 Å². The second-order valence-corrected chi connectivity index (χ2v) is 8.21. The van der Waals surface area contributed by atoms with Gasteiger partial charge in [0.15, 0.2) is 0 Å². The average molecular weight is 368 g/mol. The Hall–Kier alpha value is -2.49. The van der Waals surface area contributed by atoms with Crippen LogP contribution >= 0.6 is 11.8 Å². The number of thioether (sulfide) groups is 1. The average Bonchev–Trinajstić information content (AvgIpc) is 3.00. The van der Waals surface area contributed by atoms with Crippen molar-refractivity contribution in [2.45, 2.75) is 16.7 Å². The van der Waals surface area contributed by atoms with Crippen molar-refractivity contribution in [3.63, 3.8) is 0 Å². The number of nitrogens with zero attached hydrogens (tertiary/aromatic N) is 2. The minimum atomic E-state index is -3.80.